The van der Waals surface area contributed by atoms with E-state index >= 15 is 0 Å². The number of fused-ring (bicyclic) bond motifs is 1. The predicted molar refractivity (Wildman–Crippen MR) is 115 cm³/mol. The molecule has 0 aliphatic carbocycles. The Balaban J connectivity index is 1.74. The number of aromatic hydroxyl groups is 1. The first kappa shape index (κ1) is 20.2. The van der Waals surface area contributed by atoms with Crippen molar-refractivity contribution in [3.05, 3.63) is 70.9 Å². The molecule has 1 aromatic heterocycles. The first-order valence-corrected chi connectivity index (χ1v) is 10.3. The first-order valence-electron chi connectivity index (χ1n) is 10.3. The Kier molecular flexibility index (Phi) is 5.59. The van der Waals surface area contributed by atoms with Crippen LogP contribution in [0.4, 0.5) is 0 Å². The lowest BCUT2D eigenvalue weighted by atomic mass is 9.95. The summed E-state index contributed by atoms with van der Waals surface area (Å²) in [4.78, 5) is 15.1. The second-order valence-corrected chi connectivity index (χ2v) is 7.96. The van der Waals surface area contributed by atoms with Gasteiger partial charge < -0.3 is 14.7 Å². The standard InChI is InChI=1S/C24H27N3O3/c1-15(2)30-14-6-13-27-23(17-11-9-16(3)10-12-17)20-21(25-26-22(20)24(27)29)18-7-4-5-8-19(18)28/h4-5,7-12,15,23,28H,6,13-14H2,1-3H3,(H,25,26). The molecule has 0 saturated carbocycles. The Morgan fingerprint density at radius 1 is 1.17 bits per heavy atom. The molecule has 0 bridgehead atoms. The Morgan fingerprint density at radius 3 is 2.60 bits per heavy atom. The minimum Gasteiger partial charge on any atom is -0.507 e. The second kappa shape index (κ2) is 8.32. The molecule has 1 amide bonds. The van der Waals surface area contributed by atoms with E-state index in [2.05, 4.69) is 34.5 Å². The fraction of sp³-hybridized carbons (Fsp3) is 0.333. The summed E-state index contributed by atoms with van der Waals surface area (Å²) >= 11 is 0. The van der Waals surface area contributed by atoms with E-state index in [1.165, 1.54) is 0 Å². The van der Waals surface area contributed by atoms with Crippen molar-refractivity contribution in [1.29, 1.82) is 0 Å². The Hall–Kier alpha value is -3.12. The van der Waals surface area contributed by atoms with Crippen LogP contribution in [-0.4, -0.2) is 45.4 Å². The Labute approximate surface area is 176 Å². The summed E-state index contributed by atoms with van der Waals surface area (Å²) in [6.07, 6.45) is 0.910. The van der Waals surface area contributed by atoms with Gasteiger partial charge in [0.2, 0.25) is 0 Å². The van der Waals surface area contributed by atoms with Crippen LogP contribution in [0.25, 0.3) is 11.3 Å². The molecular formula is C24H27N3O3. The highest BCUT2D eigenvalue weighted by Gasteiger charge is 2.42. The van der Waals surface area contributed by atoms with Crippen molar-refractivity contribution in [2.45, 2.75) is 39.3 Å². The van der Waals surface area contributed by atoms with E-state index in [1.54, 1.807) is 12.1 Å². The predicted octanol–water partition coefficient (Wildman–Crippen LogP) is 4.45. The molecule has 0 radical (unpaired) electrons. The zero-order valence-corrected chi connectivity index (χ0v) is 17.6. The first-order chi connectivity index (χ1) is 14.5. The lowest BCUT2D eigenvalue weighted by Gasteiger charge is -2.26. The van der Waals surface area contributed by atoms with Crippen molar-refractivity contribution in [3.63, 3.8) is 0 Å². The van der Waals surface area contributed by atoms with Gasteiger partial charge >= 0.3 is 0 Å². The molecule has 4 rings (SSSR count). The zero-order valence-electron chi connectivity index (χ0n) is 17.6. The van der Waals surface area contributed by atoms with Crippen molar-refractivity contribution in [1.82, 2.24) is 15.1 Å². The summed E-state index contributed by atoms with van der Waals surface area (Å²) in [6.45, 7) is 7.23. The number of aromatic amines is 1. The fourth-order valence-electron chi connectivity index (χ4n) is 3.96. The van der Waals surface area contributed by atoms with Crippen LogP contribution in [0, 0.1) is 6.92 Å². The number of carbonyl (C=O) groups excluding carboxylic acids is 1. The van der Waals surface area contributed by atoms with Crippen molar-refractivity contribution in [3.8, 4) is 17.0 Å². The smallest absolute Gasteiger partial charge is 0.273 e. The van der Waals surface area contributed by atoms with Gasteiger partial charge in [-0.15, -0.1) is 0 Å². The molecule has 2 aromatic carbocycles. The third kappa shape index (κ3) is 3.71. The number of hydrogen-bond donors (Lipinski definition) is 2. The van der Waals surface area contributed by atoms with E-state index in [-0.39, 0.29) is 23.8 Å². The minimum absolute atomic E-state index is 0.0747. The summed E-state index contributed by atoms with van der Waals surface area (Å²) < 4.78 is 5.67. The number of aryl methyl sites for hydroxylation is 1. The summed E-state index contributed by atoms with van der Waals surface area (Å²) in [5.74, 6) is 0.0694. The molecule has 3 aromatic rings. The summed E-state index contributed by atoms with van der Waals surface area (Å²) in [5, 5.41) is 17.7. The second-order valence-electron chi connectivity index (χ2n) is 7.96. The lowest BCUT2D eigenvalue weighted by Crippen LogP contribution is -2.31. The number of nitrogens with zero attached hydrogens (tertiary/aromatic N) is 2. The van der Waals surface area contributed by atoms with Crippen LogP contribution in [0.5, 0.6) is 5.75 Å². The maximum absolute atomic E-state index is 13.3. The van der Waals surface area contributed by atoms with Crippen LogP contribution in [0.15, 0.2) is 48.5 Å². The van der Waals surface area contributed by atoms with Crippen molar-refractivity contribution >= 4 is 5.91 Å². The highest BCUT2D eigenvalue weighted by atomic mass is 16.5. The van der Waals surface area contributed by atoms with Gasteiger partial charge in [0.25, 0.3) is 5.91 Å². The average molecular weight is 405 g/mol. The minimum atomic E-state index is -0.263. The molecule has 30 heavy (non-hydrogen) atoms. The number of rotatable bonds is 7. The van der Waals surface area contributed by atoms with Gasteiger partial charge in [-0.1, -0.05) is 42.0 Å². The van der Waals surface area contributed by atoms with E-state index in [0.717, 1.165) is 23.1 Å². The van der Waals surface area contributed by atoms with Gasteiger partial charge in [0.1, 0.15) is 17.1 Å². The number of ether oxygens (including phenoxy) is 1. The molecule has 0 fully saturated rings. The monoisotopic (exact) mass is 405 g/mol. The highest BCUT2D eigenvalue weighted by Crippen LogP contribution is 2.44. The van der Waals surface area contributed by atoms with Gasteiger partial charge in [-0.3, -0.25) is 9.89 Å². The highest BCUT2D eigenvalue weighted by molar-refractivity contribution is 6.00. The number of amides is 1. The van der Waals surface area contributed by atoms with Crippen LogP contribution in [-0.2, 0) is 4.74 Å². The van der Waals surface area contributed by atoms with Crippen molar-refractivity contribution in [2.24, 2.45) is 0 Å². The molecule has 1 aliphatic heterocycles. The number of benzene rings is 2. The quantitative estimate of drug-likeness (QED) is 0.569. The number of hydrogen-bond acceptors (Lipinski definition) is 4. The van der Waals surface area contributed by atoms with Crippen molar-refractivity contribution < 1.29 is 14.6 Å². The van der Waals surface area contributed by atoms with E-state index in [0.29, 0.717) is 30.1 Å². The number of aromatic nitrogens is 2. The molecule has 2 N–H and O–H groups in total. The summed E-state index contributed by atoms with van der Waals surface area (Å²) in [5.41, 5.74) is 4.72. The van der Waals surface area contributed by atoms with Gasteiger partial charge in [-0.2, -0.15) is 5.10 Å². The maximum atomic E-state index is 13.3. The van der Waals surface area contributed by atoms with E-state index in [9.17, 15) is 9.90 Å². The average Bonchev–Trinajstić information content (AvgIpc) is 3.26. The maximum Gasteiger partial charge on any atom is 0.273 e. The van der Waals surface area contributed by atoms with Gasteiger partial charge in [-0.05, 0) is 44.9 Å². The van der Waals surface area contributed by atoms with Crippen LogP contribution in [0.3, 0.4) is 0 Å². The number of phenols is 1. The lowest BCUT2D eigenvalue weighted by molar-refractivity contribution is 0.0601. The van der Waals surface area contributed by atoms with Crippen LogP contribution < -0.4 is 0 Å². The number of para-hydroxylation sites is 1. The largest absolute Gasteiger partial charge is 0.507 e. The molecule has 1 atom stereocenters. The fourth-order valence-corrected chi connectivity index (χ4v) is 3.96. The Bertz CT molecular complexity index is 1040. The normalized spacial score (nSPS) is 15.8. The van der Waals surface area contributed by atoms with Gasteiger partial charge in [0.05, 0.1) is 12.1 Å². The molecule has 6 heteroatoms. The molecular weight excluding hydrogens is 378 g/mol. The van der Waals surface area contributed by atoms with Crippen LogP contribution in [0.1, 0.15) is 53.5 Å². The number of nitrogens with one attached hydrogen (secondary N) is 1. The molecule has 1 unspecified atom stereocenters. The molecule has 0 saturated heterocycles. The van der Waals surface area contributed by atoms with E-state index in [1.807, 2.05) is 37.8 Å². The third-order valence-electron chi connectivity index (χ3n) is 5.41. The van der Waals surface area contributed by atoms with E-state index < -0.39 is 0 Å². The SMILES string of the molecule is Cc1ccc(C2c3c(-c4ccccc4O)n[nH]c3C(=O)N2CCCOC(C)C)cc1. The molecule has 0 spiro atoms. The van der Waals surface area contributed by atoms with Gasteiger partial charge in [0.15, 0.2) is 0 Å². The number of phenolic OH excluding ortho intramolecular Hbond substituents is 1. The number of carbonyl (C=O) groups is 1. The van der Waals surface area contributed by atoms with Gasteiger partial charge in [-0.25, -0.2) is 0 Å². The molecule has 156 valence electrons. The molecule has 6 nitrogen and oxygen atoms in total. The topological polar surface area (TPSA) is 78.5 Å². The van der Waals surface area contributed by atoms with Gasteiger partial charge in [0, 0.05) is 24.3 Å². The van der Waals surface area contributed by atoms with Crippen LogP contribution in [0.2, 0.25) is 0 Å². The van der Waals surface area contributed by atoms with E-state index in [4.69, 9.17) is 4.74 Å². The molecule has 2 heterocycles. The third-order valence-corrected chi connectivity index (χ3v) is 5.41. The van der Waals surface area contributed by atoms with Crippen LogP contribution >= 0.6 is 0 Å². The summed E-state index contributed by atoms with van der Waals surface area (Å²) in [7, 11) is 0. The Morgan fingerprint density at radius 2 is 1.90 bits per heavy atom. The van der Waals surface area contributed by atoms with Crippen molar-refractivity contribution in [2.75, 3.05) is 13.2 Å². The number of H-pyrrole nitrogens is 1. The zero-order chi connectivity index (χ0) is 21.3. The molecule has 1 aliphatic rings. The summed E-state index contributed by atoms with van der Waals surface area (Å²) in [6, 6.07) is 15.0.